The van der Waals surface area contributed by atoms with Crippen LogP contribution < -0.4 is 0 Å². The van der Waals surface area contributed by atoms with Gasteiger partial charge in [0, 0.05) is 26.7 Å². The molecule has 1 aliphatic rings. The molecule has 1 rings (SSSR count). The Morgan fingerprint density at radius 3 is 2.56 bits per heavy atom. The van der Waals surface area contributed by atoms with Gasteiger partial charge in [-0.15, -0.1) is 0 Å². The van der Waals surface area contributed by atoms with Gasteiger partial charge in [-0.05, 0) is 18.3 Å². The zero-order chi connectivity index (χ0) is 13.9. The summed E-state index contributed by atoms with van der Waals surface area (Å²) in [6.07, 6.45) is 2.15. The molecule has 1 unspecified atom stereocenters. The van der Waals surface area contributed by atoms with Gasteiger partial charge in [0.15, 0.2) is 0 Å². The van der Waals surface area contributed by atoms with Gasteiger partial charge in [0.2, 0.25) is 0 Å². The molecule has 5 nitrogen and oxygen atoms in total. The molecular formula is C13H24N2O3. The van der Waals surface area contributed by atoms with Crippen molar-refractivity contribution in [3.63, 3.8) is 0 Å². The SMILES string of the molecule is CC(CN(C)C(=O)N1CCCC(C)(C)C1)C(=O)O. The number of piperidine rings is 1. The predicted molar refractivity (Wildman–Crippen MR) is 69.4 cm³/mol. The van der Waals surface area contributed by atoms with Gasteiger partial charge < -0.3 is 14.9 Å². The summed E-state index contributed by atoms with van der Waals surface area (Å²) in [6, 6.07) is -0.0594. The molecule has 0 radical (unpaired) electrons. The zero-order valence-electron chi connectivity index (χ0n) is 11.8. The van der Waals surface area contributed by atoms with Crippen molar-refractivity contribution >= 4 is 12.0 Å². The number of urea groups is 1. The van der Waals surface area contributed by atoms with Crippen LogP contribution in [0, 0.1) is 11.3 Å². The minimum atomic E-state index is -0.867. The fourth-order valence-electron chi connectivity index (χ4n) is 2.39. The minimum absolute atomic E-state index is 0.0594. The molecule has 1 saturated heterocycles. The molecular weight excluding hydrogens is 232 g/mol. The molecule has 1 heterocycles. The first-order valence-corrected chi connectivity index (χ1v) is 6.46. The van der Waals surface area contributed by atoms with E-state index in [-0.39, 0.29) is 18.0 Å². The lowest BCUT2D eigenvalue weighted by molar-refractivity contribution is -0.141. The minimum Gasteiger partial charge on any atom is -0.481 e. The number of carboxylic acid groups (broad SMARTS) is 1. The number of rotatable bonds is 3. The van der Waals surface area contributed by atoms with E-state index in [0.29, 0.717) is 0 Å². The molecule has 0 aromatic heterocycles. The van der Waals surface area contributed by atoms with Gasteiger partial charge >= 0.3 is 12.0 Å². The van der Waals surface area contributed by atoms with Crippen molar-refractivity contribution in [2.75, 3.05) is 26.7 Å². The van der Waals surface area contributed by atoms with Crippen molar-refractivity contribution in [2.45, 2.75) is 33.6 Å². The van der Waals surface area contributed by atoms with Gasteiger partial charge in [-0.3, -0.25) is 4.79 Å². The van der Waals surface area contributed by atoms with E-state index in [1.165, 1.54) is 4.90 Å². The summed E-state index contributed by atoms with van der Waals surface area (Å²) in [5, 5.41) is 8.85. The molecule has 1 fully saturated rings. The molecule has 2 amide bonds. The number of carbonyl (C=O) groups excluding carboxylic acids is 1. The Labute approximate surface area is 109 Å². The third-order valence-electron chi connectivity index (χ3n) is 3.47. The number of aliphatic carboxylic acids is 1. The molecule has 5 heteroatoms. The molecule has 0 saturated carbocycles. The molecule has 18 heavy (non-hydrogen) atoms. The Bertz CT molecular complexity index is 328. The van der Waals surface area contributed by atoms with Crippen molar-refractivity contribution in [1.82, 2.24) is 9.80 Å². The van der Waals surface area contributed by atoms with Crippen LogP contribution in [-0.2, 0) is 4.79 Å². The van der Waals surface area contributed by atoms with Crippen LogP contribution in [0.2, 0.25) is 0 Å². The van der Waals surface area contributed by atoms with Gasteiger partial charge in [0.05, 0.1) is 5.92 Å². The van der Waals surface area contributed by atoms with Crippen LogP contribution in [0.5, 0.6) is 0 Å². The van der Waals surface area contributed by atoms with Crippen LogP contribution >= 0.6 is 0 Å². The molecule has 0 bridgehead atoms. The number of hydrogen-bond donors (Lipinski definition) is 1. The van der Waals surface area contributed by atoms with Gasteiger partial charge in [0.25, 0.3) is 0 Å². The molecule has 104 valence electrons. The predicted octanol–water partition coefficient (Wildman–Crippen LogP) is 1.88. The van der Waals surface area contributed by atoms with E-state index in [9.17, 15) is 9.59 Å². The Balaban J connectivity index is 2.55. The zero-order valence-corrected chi connectivity index (χ0v) is 11.8. The van der Waals surface area contributed by atoms with Crippen molar-refractivity contribution in [3.05, 3.63) is 0 Å². The maximum atomic E-state index is 12.2. The quantitative estimate of drug-likeness (QED) is 0.838. The smallest absolute Gasteiger partial charge is 0.319 e. The molecule has 1 atom stereocenters. The third-order valence-corrected chi connectivity index (χ3v) is 3.47. The lowest BCUT2D eigenvalue weighted by Gasteiger charge is -2.39. The molecule has 0 aliphatic carbocycles. The second kappa shape index (κ2) is 5.59. The van der Waals surface area contributed by atoms with E-state index < -0.39 is 11.9 Å². The standard InChI is InChI=1S/C13H24N2O3/c1-10(11(16)17)8-14(4)12(18)15-7-5-6-13(2,3)9-15/h10H,5-9H2,1-4H3,(H,16,17). The topological polar surface area (TPSA) is 60.9 Å². The average molecular weight is 256 g/mol. The Hall–Kier alpha value is -1.26. The molecule has 0 aromatic carbocycles. The Kier molecular flexibility index (Phi) is 4.59. The number of carbonyl (C=O) groups is 2. The molecule has 0 aromatic rings. The second-order valence-corrected chi connectivity index (χ2v) is 6.09. The number of carboxylic acids is 1. The number of hydrogen-bond acceptors (Lipinski definition) is 2. The summed E-state index contributed by atoms with van der Waals surface area (Å²) in [7, 11) is 1.67. The summed E-state index contributed by atoms with van der Waals surface area (Å²) < 4.78 is 0. The first-order valence-electron chi connectivity index (χ1n) is 6.46. The maximum Gasteiger partial charge on any atom is 0.319 e. The Morgan fingerprint density at radius 1 is 1.44 bits per heavy atom. The summed E-state index contributed by atoms with van der Waals surface area (Å²) in [5.74, 6) is -1.40. The van der Waals surface area contributed by atoms with E-state index in [4.69, 9.17) is 5.11 Å². The van der Waals surface area contributed by atoms with Crippen molar-refractivity contribution in [3.8, 4) is 0 Å². The first-order chi connectivity index (χ1) is 8.23. The number of likely N-dealkylation sites (tertiary alicyclic amines) is 1. The normalized spacial score (nSPS) is 20.3. The van der Waals surface area contributed by atoms with Gasteiger partial charge in [-0.2, -0.15) is 0 Å². The summed E-state index contributed by atoms with van der Waals surface area (Å²) >= 11 is 0. The van der Waals surface area contributed by atoms with E-state index in [0.717, 1.165) is 25.9 Å². The summed E-state index contributed by atoms with van der Waals surface area (Å²) in [6.45, 7) is 7.71. The number of nitrogens with zero attached hydrogens (tertiary/aromatic N) is 2. The van der Waals surface area contributed by atoms with E-state index in [1.54, 1.807) is 14.0 Å². The van der Waals surface area contributed by atoms with Crippen molar-refractivity contribution < 1.29 is 14.7 Å². The monoisotopic (exact) mass is 256 g/mol. The van der Waals surface area contributed by atoms with Crippen LogP contribution in [0.4, 0.5) is 4.79 Å². The Morgan fingerprint density at radius 2 is 2.06 bits per heavy atom. The molecule has 1 aliphatic heterocycles. The van der Waals surface area contributed by atoms with Crippen LogP contribution in [0.3, 0.4) is 0 Å². The van der Waals surface area contributed by atoms with Crippen LogP contribution in [0.25, 0.3) is 0 Å². The summed E-state index contributed by atoms with van der Waals surface area (Å²) in [4.78, 5) is 26.3. The van der Waals surface area contributed by atoms with E-state index >= 15 is 0 Å². The highest BCUT2D eigenvalue weighted by molar-refractivity contribution is 5.76. The van der Waals surface area contributed by atoms with Crippen molar-refractivity contribution in [1.29, 1.82) is 0 Å². The van der Waals surface area contributed by atoms with Gasteiger partial charge in [0.1, 0.15) is 0 Å². The third kappa shape index (κ3) is 3.89. The second-order valence-electron chi connectivity index (χ2n) is 6.09. The highest BCUT2D eigenvalue weighted by Gasteiger charge is 2.31. The fourth-order valence-corrected chi connectivity index (χ4v) is 2.39. The van der Waals surface area contributed by atoms with Crippen LogP contribution in [0.15, 0.2) is 0 Å². The fraction of sp³-hybridized carbons (Fsp3) is 0.846. The lowest BCUT2D eigenvalue weighted by Crippen LogP contribution is -2.49. The molecule has 0 spiro atoms. The number of amides is 2. The van der Waals surface area contributed by atoms with Crippen molar-refractivity contribution in [2.24, 2.45) is 11.3 Å². The highest BCUT2D eigenvalue weighted by Crippen LogP contribution is 2.28. The van der Waals surface area contributed by atoms with Crippen LogP contribution in [-0.4, -0.2) is 53.6 Å². The van der Waals surface area contributed by atoms with E-state index in [2.05, 4.69) is 13.8 Å². The van der Waals surface area contributed by atoms with Gasteiger partial charge in [-0.1, -0.05) is 20.8 Å². The van der Waals surface area contributed by atoms with Crippen LogP contribution in [0.1, 0.15) is 33.6 Å². The maximum absolute atomic E-state index is 12.2. The highest BCUT2D eigenvalue weighted by atomic mass is 16.4. The largest absolute Gasteiger partial charge is 0.481 e. The average Bonchev–Trinajstić information content (AvgIpc) is 2.26. The van der Waals surface area contributed by atoms with E-state index in [1.807, 2.05) is 4.90 Å². The van der Waals surface area contributed by atoms with Gasteiger partial charge in [-0.25, -0.2) is 4.79 Å². The lowest BCUT2D eigenvalue weighted by atomic mass is 9.84. The molecule has 1 N–H and O–H groups in total. The summed E-state index contributed by atoms with van der Waals surface area (Å²) in [5.41, 5.74) is 0.160. The first kappa shape index (κ1) is 14.8.